The number of urea groups is 1. The molecule has 0 saturated heterocycles. The summed E-state index contributed by atoms with van der Waals surface area (Å²) >= 11 is 0. The minimum atomic E-state index is -3.77. The zero-order valence-electron chi connectivity index (χ0n) is 23.1. The lowest BCUT2D eigenvalue weighted by Crippen LogP contribution is -2.29. The Bertz CT molecular complexity index is 1320. The van der Waals surface area contributed by atoms with Crippen LogP contribution in [0, 0.1) is 11.8 Å². The van der Waals surface area contributed by atoms with E-state index in [4.69, 9.17) is 0 Å². The molecule has 4 N–H and O–H groups in total. The lowest BCUT2D eigenvalue weighted by Gasteiger charge is -2.18. The molecule has 8 nitrogen and oxygen atoms in total. The van der Waals surface area contributed by atoms with E-state index in [1.54, 1.807) is 36.7 Å². The van der Waals surface area contributed by atoms with Gasteiger partial charge in [-0.3, -0.25) is 9.71 Å². The lowest BCUT2D eigenvalue weighted by atomic mass is 9.92. The van der Waals surface area contributed by atoms with Crippen molar-refractivity contribution in [3.63, 3.8) is 0 Å². The van der Waals surface area contributed by atoms with Crippen molar-refractivity contribution in [3.05, 3.63) is 84.2 Å². The van der Waals surface area contributed by atoms with Crippen molar-refractivity contribution in [2.24, 2.45) is 11.8 Å². The van der Waals surface area contributed by atoms with Crippen molar-refractivity contribution in [1.29, 1.82) is 0 Å². The number of anilines is 2. The summed E-state index contributed by atoms with van der Waals surface area (Å²) in [6.07, 6.45) is 11.2. The summed E-state index contributed by atoms with van der Waals surface area (Å²) in [6, 6.07) is 17.1. The number of rotatable bonds is 13. The first-order chi connectivity index (χ1) is 19.3. The fourth-order valence-electron chi connectivity index (χ4n) is 5.31. The van der Waals surface area contributed by atoms with E-state index in [0.717, 1.165) is 62.5 Å². The Hall–Kier alpha value is -3.43. The van der Waals surface area contributed by atoms with Gasteiger partial charge in [-0.25, -0.2) is 13.2 Å². The van der Waals surface area contributed by atoms with Crippen LogP contribution in [0.25, 0.3) is 0 Å². The highest BCUT2D eigenvalue weighted by atomic mass is 32.2. The third kappa shape index (κ3) is 8.53. The summed E-state index contributed by atoms with van der Waals surface area (Å²) < 4.78 is 28.4. The summed E-state index contributed by atoms with van der Waals surface area (Å²) in [5.74, 6) is 0.709. The third-order valence-electron chi connectivity index (χ3n) is 7.52. The number of unbranched alkanes of at least 4 members (excludes halogenated alkanes) is 3. The normalized spacial score (nSPS) is 17.8. The number of amides is 2. The molecule has 2 aromatic carbocycles. The Balaban J connectivity index is 1.25. The molecule has 4 rings (SSSR count). The molecule has 1 aliphatic carbocycles. The highest BCUT2D eigenvalue weighted by Crippen LogP contribution is 2.40. The number of nitrogens with one attached hydrogen (secondary N) is 3. The van der Waals surface area contributed by atoms with Crippen molar-refractivity contribution in [1.82, 2.24) is 10.3 Å². The molecule has 0 radical (unpaired) electrons. The van der Waals surface area contributed by atoms with Gasteiger partial charge in [-0.15, -0.1) is 0 Å². The molecule has 0 aliphatic heterocycles. The Morgan fingerprint density at radius 1 is 1.00 bits per heavy atom. The molecule has 1 saturated carbocycles. The van der Waals surface area contributed by atoms with Gasteiger partial charge in [0.05, 0.1) is 11.0 Å². The molecular weight excluding hydrogens is 524 g/mol. The van der Waals surface area contributed by atoms with Crippen LogP contribution in [0.15, 0.2) is 78.0 Å². The molecule has 214 valence electrons. The second-order valence-corrected chi connectivity index (χ2v) is 12.3. The van der Waals surface area contributed by atoms with Crippen LogP contribution in [0.5, 0.6) is 0 Å². The Labute approximate surface area is 237 Å². The number of aromatic nitrogens is 1. The first kappa shape index (κ1) is 29.6. The molecule has 1 heterocycles. The molecule has 9 heteroatoms. The van der Waals surface area contributed by atoms with E-state index < -0.39 is 16.1 Å². The predicted molar refractivity (Wildman–Crippen MR) is 159 cm³/mol. The number of carbonyl (C=O) groups excluding carboxylic acids is 1. The summed E-state index contributed by atoms with van der Waals surface area (Å²) in [6.45, 7) is 2.75. The van der Waals surface area contributed by atoms with Crippen molar-refractivity contribution < 1.29 is 18.3 Å². The summed E-state index contributed by atoms with van der Waals surface area (Å²) in [5.41, 5.74) is 3.03. The topological polar surface area (TPSA) is 120 Å². The molecule has 0 bridgehead atoms. The third-order valence-corrected chi connectivity index (χ3v) is 8.92. The van der Waals surface area contributed by atoms with E-state index in [-0.39, 0.29) is 16.8 Å². The quantitative estimate of drug-likeness (QED) is 0.182. The summed E-state index contributed by atoms with van der Waals surface area (Å²) in [4.78, 5) is 16.3. The first-order valence-electron chi connectivity index (χ1n) is 14.2. The van der Waals surface area contributed by atoms with E-state index >= 15 is 0 Å². The van der Waals surface area contributed by atoms with Gasteiger partial charge in [0.1, 0.15) is 0 Å². The molecule has 40 heavy (non-hydrogen) atoms. The van der Waals surface area contributed by atoms with E-state index in [0.29, 0.717) is 23.8 Å². The maximum atomic E-state index is 12.9. The molecule has 1 aliphatic rings. The van der Waals surface area contributed by atoms with Gasteiger partial charge in [-0.2, -0.15) is 0 Å². The van der Waals surface area contributed by atoms with Crippen LogP contribution >= 0.6 is 0 Å². The van der Waals surface area contributed by atoms with Gasteiger partial charge in [-0.05, 0) is 97.5 Å². The number of benzene rings is 2. The Morgan fingerprint density at radius 3 is 2.45 bits per heavy atom. The second kappa shape index (κ2) is 14.3. The maximum Gasteiger partial charge on any atom is 0.319 e. The van der Waals surface area contributed by atoms with Gasteiger partial charge >= 0.3 is 6.03 Å². The standard InChI is InChI=1S/C31H40N4O4S/c1-2-3-4-5-19-33-31(37)34-27-14-16-29(17-15-27)40(38,39)35-28-12-9-23(10-13-28)20-24-8-11-25(21-24)30(36)26-7-6-18-32-22-26/h6-7,9-10,12-18,22,24-25,30,35-36H,2-5,8,11,19-21H2,1H3,(H2,33,34,37)/t24-,25-,30-/m0/s1. The minimum Gasteiger partial charge on any atom is -0.388 e. The van der Waals surface area contributed by atoms with Gasteiger partial charge in [-0.1, -0.05) is 44.4 Å². The zero-order valence-corrected chi connectivity index (χ0v) is 23.9. The van der Waals surface area contributed by atoms with Crippen molar-refractivity contribution in [3.8, 4) is 0 Å². The summed E-state index contributed by atoms with van der Waals surface area (Å²) in [7, 11) is -3.77. The van der Waals surface area contributed by atoms with Gasteiger partial charge in [0.25, 0.3) is 10.0 Å². The maximum absolute atomic E-state index is 12.9. The molecule has 0 spiro atoms. The van der Waals surface area contributed by atoms with Crippen molar-refractivity contribution in [2.45, 2.75) is 69.3 Å². The van der Waals surface area contributed by atoms with E-state index in [2.05, 4.69) is 27.3 Å². The van der Waals surface area contributed by atoms with Crippen LogP contribution < -0.4 is 15.4 Å². The number of hydrogen-bond acceptors (Lipinski definition) is 5. The summed E-state index contributed by atoms with van der Waals surface area (Å²) in [5, 5.41) is 16.3. The number of pyridine rings is 1. The van der Waals surface area contributed by atoms with Crippen LogP contribution in [0.3, 0.4) is 0 Å². The zero-order chi connectivity index (χ0) is 28.4. The van der Waals surface area contributed by atoms with Gasteiger partial charge in [0.2, 0.25) is 0 Å². The molecule has 3 atom stereocenters. The fourth-order valence-corrected chi connectivity index (χ4v) is 6.37. The number of aliphatic hydroxyl groups excluding tert-OH is 1. The molecule has 1 aromatic heterocycles. The van der Waals surface area contributed by atoms with Crippen LogP contribution in [0.1, 0.15) is 69.1 Å². The molecule has 1 fully saturated rings. The van der Waals surface area contributed by atoms with Gasteiger partial charge in [0.15, 0.2) is 0 Å². The second-order valence-electron chi connectivity index (χ2n) is 10.6. The average molecular weight is 565 g/mol. The van der Waals surface area contributed by atoms with Gasteiger partial charge < -0.3 is 15.7 Å². The van der Waals surface area contributed by atoms with Crippen LogP contribution in [-0.2, 0) is 16.4 Å². The number of nitrogens with zero attached hydrogens (tertiary/aromatic N) is 1. The predicted octanol–water partition coefficient (Wildman–Crippen LogP) is 6.28. The highest BCUT2D eigenvalue weighted by Gasteiger charge is 2.30. The molecular formula is C31H40N4O4S. The molecule has 0 unspecified atom stereocenters. The number of hydrogen-bond donors (Lipinski definition) is 4. The van der Waals surface area contributed by atoms with Crippen LogP contribution in [0.2, 0.25) is 0 Å². The Kier molecular flexibility index (Phi) is 10.5. The number of aliphatic hydroxyl groups is 1. The highest BCUT2D eigenvalue weighted by molar-refractivity contribution is 7.92. The minimum absolute atomic E-state index is 0.117. The van der Waals surface area contributed by atoms with Crippen LogP contribution in [-0.4, -0.2) is 31.1 Å². The lowest BCUT2D eigenvalue weighted by molar-refractivity contribution is 0.109. The Morgan fingerprint density at radius 2 is 1.75 bits per heavy atom. The number of carbonyl (C=O) groups is 1. The van der Waals surface area contributed by atoms with E-state index in [9.17, 15) is 18.3 Å². The van der Waals surface area contributed by atoms with Crippen LogP contribution in [0.4, 0.5) is 16.2 Å². The van der Waals surface area contributed by atoms with Crippen molar-refractivity contribution >= 4 is 27.4 Å². The molecule has 2 amide bonds. The monoisotopic (exact) mass is 564 g/mol. The number of sulfonamides is 1. The molecule has 3 aromatic rings. The fraction of sp³-hybridized carbons (Fsp3) is 0.419. The SMILES string of the molecule is CCCCCCNC(=O)Nc1ccc(S(=O)(=O)Nc2ccc(C[C@@H]3CC[C@H]([C@H](O)c4cccnc4)C3)cc2)cc1. The smallest absolute Gasteiger partial charge is 0.319 e. The van der Waals surface area contributed by atoms with E-state index in [1.807, 2.05) is 24.3 Å². The first-order valence-corrected chi connectivity index (χ1v) is 15.7. The van der Waals surface area contributed by atoms with E-state index in [1.165, 1.54) is 12.1 Å². The van der Waals surface area contributed by atoms with Crippen molar-refractivity contribution in [2.75, 3.05) is 16.6 Å². The average Bonchev–Trinajstić information content (AvgIpc) is 3.42. The van der Waals surface area contributed by atoms with Gasteiger partial charge in [0, 0.05) is 30.3 Å². The largest absolute Gasteiger partial charge is 0.388 e.